The largest absolute Gasteiger partial charge is 0.489 e. The van der Waals surface area contributed by atoms with Crippen LogP contribution >= 0.6 is 0 Å². The van der Waals surface area contributed by atoms with E-state index in [2.05, 4.69) is 19.1 Å². The first-order chi connectivity index (χ1) is 9.33. The lowest BCUT2D eigenvalue weighted by molar-refractivity contribution is -0.108. The van der Waals surface area contributed by atoms with E-state index in [1.165, 1.54) is 5.56 Å². The van der Waals surface area contributed by atoms with Crippen LogP contribution in [0.5, 0.6) is 5.75 Å². The van der Waals surface area contributed by atoms with Crippen LogP contribution in [0.25, 0.3) is 0 Å². The summed E-state index contributed by atoms with van der Waals surface area (Å²) in [7, 11) is 0. The molecule has 1 unspecified atom stereocenters. The Morgan fingerprint density at radius 1 is 1.21 bits per heavy atom. The third-order valence-electron chi connectivity index (χ3n) is 3.73. The lowest BCUT2D eigenvalue weighted by Crippen LogP contribution is -2.04. The zero-order valence-corrected chi connectivity index (χ0v) is 10.9. The summed E-state index contributed by atoms with van der Waals surface area (Å²) < 4.78 is 5.85. The molecule has 3 rings (SSSR count). The van der Waals surface area contributed by atoms with Crippen molar-refractivity contribution in [3.8, 4) is 5.75 Å². The summed E-state index contributed by atoms with van der Waals surface area (Å²) in [5, 5.41) is 0. The maximum absolute atomic E-state index is 11.6. The van der Waals surface area contributed by atoms with Crippen molar-refractivity contribution in [2.24, 2.45) is 0 Å². The first-order valence-electron chi connectivity index (χ1n) is 6.62. The molecule has 0 N–H and O–H groups in total. The minimum Gasteiger partial charge on any atom is -0.489 e. The van der Waals surface area contributed by atoms with Gasteiger partial charge in [-0.25, -0.2) is 0 Å². The number of hydrogen-bond donors (Lipinski definition) is 0. The fourth-order valence-corrected chi connectivity index (χ4v) is 2.63. The number of carbonyl (C=O) groups is 1. The summed E-state index contributed by atoms with van der Waals surface area (Å²) in [5.74, 6) is 0.602. The van der Waals surface area contributed by atoms with Gasteiger partial charge in [-0.05, 0) is 29.2 Å². The minimum atomic E-state index is -0.222. The molecule has 2 aromatic carbocycles. The highest BCUT2D eigenvalue weighted by atomic mass is 16.5. The quantitative estimate of drug-likeness (QED) is 0.765. The van der Waals surface area contributed by atoms with E-state index in [9.17, 15) is 4.79 Å². The van der Waals surface area contributed by atoms with Crippen molar-refractivity contribution in [1.82, 2.24) is 0 Å². The van der Waals surface area contributed by atoms with Crippen molar-refractivity contribution < 1.29 is 9.53 Å². The van der Waals surface area contributed by atoms with Gasteiger partial charge in [-0.3, -0.25) is 0 Å². The molecule has 1 heterocycles. The monoisotopic (exact) mass is 252 g/mol. The molecular weight excluding hydrogens is 236 g/mol. The average molecular weight is 252 g/mol. The van der Waals surface area contributed by atoms with Crippen LogP contribution in [0, 0.1) is 0 Å². The summed E-state index contributed by atoms with van der Waals surface area (Å²) in [6.07, 6.45) is 1.98. The van der Waals surface area contributed by atoms with Crippen molar-refractivity contribution in [3.63, 3.8) is 0 Å². The third-order valence-corrected chi connectivity index (χ3v) is 3.73. The van der Waals surface area contributed by atoms with Gasteiger partial charge < -0.3 is 9.53 Å². The molecule has 1 aliphatic rings. The molecule has 0 fully saturated rings. The normalized spacial score (nSPS) is 16.8. The predicted octanol–water partition coefficient (Wildman–Crippen LogP) is 3.47. The molecule has 0 aromatic heterocycles. The van der Waals surface area contributed by atoms with Gasteiger partial charge >= 0.3 is 0 Å². The number of rotatable bonds is 2. The number of hydrogen-bond acceptors (Lipinski definition) is 2. The second kappa shape index (κ2) is 4.88. The van der Waals surface area contributed by atoms with Gasteiger partial charge in [0.1, 0.15) is 18.6 Å². The Morgan fingerprint density at radius 3 is 2.84 bits per heavy atom. The molecule has 0 radical (unpaired) electrons. The van der Waals surface area contributed by atoms with Crippen molar-refractivity contribution in [2.45, 2.75) is 25.9 Å². The van der Waals surface area contributed by atoms with E-state index in [1.54, 1.807) is 0 Å². The van der Waals surface area contributed by atoms with Crippen LogP contribution in [-0.4, -0.2) is 6.29 Å². The third kappa shape index (κ3) is 2.03. The van der Waals surface area contributed by atoms with Crippen LogP contribution in [0.15, 0.2) is 42.5 Å². The molecule has 1 aliphatic heterocycles. The number of carbonyl (C=O) groups excluding carboxylic acids is 1. The highest BCUT2D eigenvalue weighted by Gasteiger charge is 2.24. The number of aldehydes is 1. The molecule has 2 nitrogen and oxygen atoms in total. The van der Waals surface area contributed by atoms with Gasteiger partial charge in [-0.1, -0.05) is 43.3 Å². The number of aryl methyl sites for hydroxylation is 1. The molecular formula is C17H16O2. The molecule has 2 aromatic rings. The highest BCUT2D eigenvalue weighted by molar-refractivity contribution is 5.72. The van der Waals surface area contributed by atoms with Gasteiger partial charge in [-0.15, -0.1) is 0 Å². The fourth-order valence-electron chi connectivity index (χ4n) is 2.63. The van der Waals surface area contributed by atoms with Gasteiger partial charge in [-0.2, -0.15) is 0 Å². The zero-order chi connectivity index (χ0) is 13.2. The van der Waals surface area contributed by atoms with Crippen molar-refractivity contribution in [3.05, 3.63) is 64.7 Å². The number of fused-ring (bicyclic) bond motifs is 2. The molecule has 2 heteroatoms. The molecule has 96 valence electrons. The SMILES string of the molecule is CCc1ccc2c(c1)C(C=O)c1ccccc1CO2. The van der Waals surface area contributed by atoms with E-state index in [-0.39, 0.29) is 5.92 Å². The smallest absolute Gasteiger partial charge is 0.132 e. The Hall–Kier alpha value is -2.09. The Balaban J connectivity index is 2.19. The molecule has 1 atom stereocenters. The predicted molar refractivity (Wildman–Crippen MR) is 74.5 cm³/mol. The molecule has 0 saturated heterocycles. The lowest BCUT2D eigenvalue weighted by atomic mass is 9.88. The second-order valence-electron chi connectivity index (χ2n) is 4.83. The molecule has 0 saturated carbocycles. The van der Waals surface area contributed by atoms with E-state index in [4.69, 9.17) is 4.74 Å². The summed E-state index contributed by atoms with van der Waals surface area (Å²) >= 11 is 0. The van der Waals surface area contributed by atoms with Gasteiger partial charge in [0.15, 0.2) is 0 Å². The van der Waals surface area contributed by atoms with Crippen LogP contribution in [0.2, 0.25) is 0 Å². The van der Waals surface area contributed by atoms with E-state index in [0.717, 1.165) is 35.1 Å². The highest BCUT2D eigenvalue weighted by Crippen LogP contribution is 2.36. The Bertz CT molecular complexity index is 616. The minimum absolute atomic E-state index is 0.222. The van der Waals surface area contributed by atoms with Crippen molar-refractivity contribution in [2.75, 3.05) is 0 Å². The van der Waals surface area contributed by atoms with Crippen molar-refractivity contribution in [1.29, 1.82) is 0 Å². The maximum Gasteiger partial charge on any atom is 0.132 e. The number of ether oxygens (including phenoxy) is 1. The van der Waals surface area contributed by atoms with Gasteiger partial charge in [0, 0.05) is 5.56 Å². The first-order valence-corrected chi connectivity index (χ1v) is 6.62. The van der Waals surface area contributed by atoms with E-state index in [0.29, 0.717) is 6.61 Å². The lowest BCUT2D eigenvalue weighted by Gasteiger charge is -2.13. The standard InChI is InChI=1S/C17H16O2/c1-2-12-7-8-17-15(9-12)16(10-18)14-6-4-3-5-13(14)11-19-17/h3-10,16H,2,11H2,1H3. The molecule has 0 aliphatic carbocycles. The summed E-state index contributed by atoms with van der Waals surface area (Å²) in [6.45, 7) is 2.64. The van der Waals surface area contributed by atoms with Gasteiger partial charge in [0.05, 0.1) is 5.92 Å². The first kappa shape index (κ1) is 12.0. The second-order valence-corrected chi connectivity index (χ2v) is 4.83. The van der Waals surface area contributed by atoms with Crippen LogP contribution in [-0.2, 0) is 17.8 Å². The Labute approximate surface area is 113 Å². The molecule has 0 amide bonds. The summed E-state index contributed by atoms with van der Waals surface area (Å²) in [5.41, 5.74) is 4.37. The van der Waals surface area contributed by atoms with E-state index >= 15 is 0 Å². The van der Waals surface area contributed by atoms with Crippen molar-refractivity contribution >= 4 is 6.29 Å². The Morgan fingerprint density at radius 2 is 2.05 bits per heavy atom. The number of benzene rings is 2. The average Bonchev–Trinajstić information content (AvgIpc) is 2.62. The summed E-state index contributed by atoms with van der Waals surface area (Å²) in [6, 6.07) is 14.1. The zero-order valence-electron chi connectivity index (χ0n) is 10.9. The topological polar surface area (TPSA) is 26.3 Å². The van der Waals surface area contributed by atoms with Gasteiger partial charge in [0.25, 0.3) is 0 Å². The van der Waals surface area contributed by atoms with E-state index < -0.39 is 0 Å². The fraction of sp³-hybridized carbons (Fsp3) is 0.235. The van der Waals surface area contributed by atoms with Gasteiger partial charge in [0.2, 0.25) is 0 Å². The van der Waals surface area contributed by atoms with Crippen LogP contribution in [0.3, 0.4) is 0 Å². The van der Waals surface area contributed by atoms with Crippen LogP contribution in [0.4, 0.5) is 0 Å². The van der Waals surface area contributed by atoms with E-state index in [1.807, 2.05) is 30.3 Å². The molecule has 0 spiro atoms. The molecule has 0 bridgehead atoms. The van der Waals surface area contributed by atoms with Crippen LogP contribution in [0.1, 0.15) is 35.1 Å². The van der Waals surface area contributed by atoms with Crippen LogP contribution < -0.4 is 4.74 Å². The Kier molecular flexibility index (Phi) is 3.08. The summed E-state index contributed by atoms with van der Waals surface area (Å²) in [4.78, 5) is 11.6. The maximum atomic E-state index is 11.6. The molecule has 19 heavy (non-hydrogen) atoms.